The molecule has 0 aliphatic rings. The summed E-state index contributed by atoms with van der Waals surface area (Å²) >= 11 is 0. The van der Waals surface area contributed by atoms with Gasteiger partial charge in [0.1, 0.15) is 0 Å². The number of carbonyl (C=O) groups is 2. The second-order valence-electron chi connectivity index (χ2n) is 0.575. The van der Waals surface area contributed by atoms with Gasteiger partial charge >= 0.3 is 48.9 Å². The van der Waals surface area contributed by atoms with Crippen LogP contribution in [0.15, 0.2) is 0 Å². The zero-order chi connectivity index (χ0) is 5.15. The first-order valence-electron chi connectivity index (χ1n) is 1.07. The van der Waals surface area contributed by atoms with Gasteiger partial charge in [0, 0.05) is 0 Å². The molecule has 0 saturated carbocycles. The molecular formula is C2H16BaO12. The summed E-state index contributed by atoms with van der Waals surface area (Å²) in [6, 6.07) is 0. The predicted molar refractivity (Wildman–Crippen MR) is 44.7 cm³/mol. The number of hydrogen-bond donors (Lipinski definition) is 0. The van der Waals surface area contributed by atoms with Crippen LogP contribution in [0, 0.1) is 0 Å². The summed E-state index contributed by atoms with van der Waals surface area (Å²) in [6.45, 7) is 0. The van der Waals surface area contributed by atoms with Crippen LogP contribution in [0.5, 0.6) is 0 Å². The van der Waals surface area contributed by atoms with Crippen LogP contribution in [-0.4, -0.2) is 105 Å². The van der Waals surface area contributed by atoms with Crippen LogP contribution in [0.4, 0.5) is 0 Å². The Bertz CT molecular complexity index is 79.6. The molecule has 0 rings (SSSR count). The summed E-state index contributed by atoms with van der Waals surface area (Å²) in [5.41, 5.74) is 0. The zero-order valence-electron chi connectivity index (χ0n) is 7.34. The molecule has 0 spiro atoms. The molecule has 0 bridgehead atoms. The number of carboxylic acids is 2. The molecule has 0 radical (unpaired) electrons. The SMILES string of the molecule is O.O.O.O.O.O.O.O.O=C([O-])C(=O)[O-].[Ba+2]. The van der Waals surface area contributed by atoms with E-state index < -0.39 is 11.9 Å². The van der Waals surface area contributed by atoms with Gasteiger partial charge in [0.15, 0.2) is 0 Å². The number of rotatable bonds is 0. The molecule has 0 fully saturated rings. The molecule has 0 unspecified atom stereocenters. The molecule has 0 aliphatic carbocycles. The Balaban J connectivity index is -0.00000000347. The van der Waals surface area contributed by atoms with Crippen LogP contribution >= 0.6 is 0 Å². The monoisotopic (exact) mass is 370 g/mol. The third kappa shape index (κ3) is 120. The fourth-order valence-corrected chi connectivity index (χ4v) is 0. The Morgan fingerprint density at radius 2 is 0.600 bits per heavy atom. The van der Waals surface area contributed by atoms with E-state index in [1.165, 1.54) is 0 Å². The second kappa shape index (κ2) is 64.4. The Kier molecular flexibility index (Phi) is 488. The summed E-state index contributed by atoms with van der Waals surface area (Å²) in [5, 5.41) is 17.9. The van der Waals surface area contributed by atoms with E-state index in [2.05, 4.69) is 0 Å². The smallest absolute Gasteiger partial charge is 0.543 e. The van der Waals surface area contributed by atoms with Gasteiger partial charge in [-0.25, -0.2) is 0 Å². The molecule has 0 amide bonds. The number of carbonyl (C=O) groups excluding carboxylic acids is 2. The van der Waals surface area contributed by atoms with Crippen LogP contribution < -0.4 is 10.2 Å². The minimum Gasteiger partial charge on any atom is -0.543 e. The van der Waals surface area contributed by atoms with E-state index in [1.54, 1.807) is 0 Å². The zero-order valence-corrected chi connectivity index (χ0v) is 11.8. The minimum absolute atomic E-state index is 0. The van der Waals surface area contributed by atoms with Crippen molar-refractivity contribution in [3.8, 4) is 0 Å². The van der Waals surface area contributed by atoms with E-state index in [-0.39, 0.29) is 92.7 Å². The van der Waals surface area contributed by atoms with E-state index in [1.807, 2.05) is 0 Å². The molecule has 0 atom stereocenters. The van der Waals surface area contributed by atoms with E-state index in [0.29, 0.717) is 0 Å². The third-order valence-electron chi connectivity index (χ3n) is 0.167. The fraction of sp³-hybridized carbons (Fsp3) is 0. The van der Waals surface area contributed by atoms with Crippen molar-refractivity contribution in [2.45, 2.75) is 0 Å². The van der Waals surface area contributed by atoms with Crippen molar-refractivity contribution in [2.75, 3.05) is 0 Å². The molecule has 12 nitrogen and oxygen atoms in total. The average molecular weight is 369 g/mol. The Hall–Kier alpha value is 0.191. The molecule has 0 aromatic rings. The number of aliphatic carboxylic acids is 2. The molecule has 15 heavy (non-hydrogen) atoms. The van der Waals surface area contributed by atoms with Gasteiger partial charge in [-0.05, 0) is 0 Å². The van der Waals surface area contributed by atoms with Gasteiger partial charge in [-0.1, -0.05) is 0 Å². The molecule has 0 heterocycles. The summed E-state index contributed by atoms with van der Waals surface area (Å²) in [7, 11) is 0. The maximum atomic E-state index is 8.93. The van der Waals surface area contributed by atoms with Gasteiger partial charge in [0.25, 0.3) is 0 Å². The summed E-state index contributed by atoms with van der Waals surface area (Å²) in [4.78, 5) is 17.9. The Labute approximate surface area is 123 Å². The van der Waals surface area contributed by atoms with Crippen LogP contribution in [0.1, 0.15) is 0 Å². The number of hydrogen-bond acceptors (Lipinski definition) is 4. The predicted octanol–water partition coefficient (Wildman–Crippen LogP) is -10.5. The maximum Gasteiger partial charge on any atom is 2.00 e. The molecule has 13 heteroatoms. The summed E-state index contributed by atoms with van der Waals surface area (Å²) in [6.07, 6.45) is 0. The Morgan fingerprint density at radius 1 is 0.533 bits per heavy atom. The van der Waals surface area contributed by atoms with Gasteiger partial charge in [-0.15, -0.1) is 0 Å². The van der Waals surface area contributed by atoms with E-state index in [9.17, 15) is 0 Å². The molecule has 0 aromatic heterocycles. The first-order valence-corrected chi connectivity index (χ1v) is 1.07. The van der Waals surface area contributed by atoms with Crippen LogP contribution in [0.2, 0.25) is 0 Å². The van der Waals surface area contributed by atoms with E-state index in [0.717, 1.165) is 0 Å². The number of carboxylic acid groups (broad SMARTS) is 2. The van der Waals surface area contributed by atoms with Crippen molar-refractivity contribution in [2.24, 2.45) is 0 Å². The minimum atomic E-state index is -2.19. The van der Waals surface area contributed by atoms with Crippen molar-refractivity contribution in [1.29, 1.82) is 0 Å². The van der Waals surface area contributed by atoms with Crippen molar-refractivity contribution >= 4 is 60.8 Å². The quantitative estimate of drug-likeness (QED) is 0.296. The standard InChI is InChI=1S/C2H2O4.Ba.8H2O/c3-1(4)2(5)6;;;;;;;;;/h(H,3,4)(H,5,6);;8*1H2/q;+2;;;;;;;;/p-2. The first kappa shape index (κ1) is 114. The van der Waals surface area contributed by atoms with Gasteiger partial charge in [-0.2, -0.15) is 0 Å². The molecular weight excluding hydrogens is 353 g/mol. The van der Waals surface area contributed by atoms with Gasteiger partial charge < -0.3 is 63.6 Å². The molecule has 16 N–H and O–H groups in total. The molecule has 0 aromatic carbocycles. The van der Waals surface area contributed by atoms with Crippen LogP contribution in [-0.2, 0) is 9.59 Å². The van der Waals surface area contributed by atoms with Crippen molar-refractivity contribution in [3.63, 3.8) is 0 Å². The largest absolute Gasteiger partial charge is 2.00 e. The third-order valence-corrected chi connectivity index (χ3v) is 0.167. The van der Waals surface area contributed by atoms with Crippen LogP contribution in [0.3, 0.4) is 0 Å². The Morgan fingerprint density at radius 3 is 0.600 bits per heavy atom. The summed E-state index contributed by atoms with van der Waals surface area (Å²) in [5.74, 6) is -4.37. The molecule has 98 valence electrons. The van der Waals surface area contributed by atoms with Crippen molar-refractivity contribution < 1.29 is 63.6 Å². The van der Waals surface area contributed by atoms with Crippen molar-refractivity contribution in [3.05, 3.63) is 0 Å². The van der Waals surface area contributed by atoms with Crippen LogP contribution in [0.25, 0.3) is 0 Å². The average Bonchev–Trinajstić information content (AvgIpc) is 1.36. The molecule has 0 aliphatic heterocycles. The maximum absolute atomic E-state index is 8.93. The second-order valence-corrected chi connectivity index (χ2v) is 0.575. The van der Waals surface area contributed by atoms with Gasteiger partial charge in [-0.3, -0.25) is 0 Å². The van der Waals surface area contributed by atoms with E-state index >= 15 is 0 Å². The topological polar surface area (TPSA) is 332 Å². The molecule has 0 saturated heterocycles. The summed E-state index contributed by atoms with van der Waals surface area (Å²) < 4.78 is 0. The normalized spacial score (nSPS) is 2.93. The van der Waals surface area contributed by atoms with Gasteiger partial charge in [0.05, 0.1) is 11.9 Å². The first-order chi connectivity index (χ1) is 2.64. The van der Waals surface area contributed by atoms with Gasteiger partial charge in [0.2, 0.25) is 0 Å². The van der Waals surface area contributed by atoms with E-state index in [4.69, 9.17) is 19.8 Å². The fourth-order valence-electron chi connectivity index (χ4n) is 0. The van der Waals surface area contributed by atoms with Crippen molar-refractivity contribution in [1.82, 2.24) is 0 Å².